The molecular formula is C21H27N5O5S. The average molecular weight is 462 g/mol. The zero-order valence-electron chi connectivity index (χ0n) is 18.8. The van der Waals surface area contributed by atoms with Gasteiger partial charge in [-0.2, -0.15) is 0 Å². The lowest BCUT2D eigenvalue weighted by molar-refractivity contribution is -0.120. The van der Waals surface area contributed by atoms with E-state index in [-0.39, 0.29) is 17.8 Å². The zero-order chi connectivity index (χ0) is 23.4. The average Bonchev–Trinajstić information content (AvgIpc) is 3.11. The van der Waals surface area contributed by atoms with Crippen molar-refractivity contribution in [3.63, 3.8) is 0 Å². The summed E-state index contributed by atoms with van der Waals surface area (Å²) in [7, 11) is 6.36. The number of methoxy groups -OCH3 is 1. The lowest BCUT2D eigenvalue weighted by Gasteiger charge is -2.11. The number of ether oxygens (including phenoxy) is 2. The van der Waals surface area contributed by atoms with Gasteiger partial charge in [0, 0.05) is 39.9 Å². The number of amides is 1. The van der Waals surface area contributed by atoms with Crippen LogP contribution in [0.15, 0.2) is 32.9 Å². The zero-order valence-corrected chi connectivity index (χ0v) is 19.6. The minimum atomic E-state index is -0.436. The van der Waals surface area contributed by atoms with E-state index in [4.69, 9.17) is 9.47 Å². The maximum absolute atomic E-state index is 12.4. The fourth-order valence-corrected chi connectivity index (χ4v) is 4.22. The van der Waals surface area contributed by atoms with Crippen molar-refractivity contribution in [2.45, 2.75) is 25.0 Å². The first-order valence-electron chi connectivity index (χ1n) is 10.1. The molecule has 3 rings (SSSR count). The van der Waals surface area contributed by atoms with Crippen molar-refractivity contribution in [3.05, 3.63) is 44.6 Å². The summed E-state index contributed by atoms with van der Waals surface area (Å²) in [5.41, 5.74) is 0.743. The summed E-state index contributed by atoms with van der Waals surface area (Å²) in [6.45, 7) is 2.79. The molecule has 0 aliphatic heterocycles. The maximum atomic E-state index is 12.4. The van der Waals surface area contributed by atoms with Crippen LogP contribution in [-0.2, 0) is 32.5 Å². The van der Waals surface area contributed by atoms with E-state index >= 15 is 0 Å². The highest BCUT2D eigenvalue weighted by molar-refractivity contribution is 7.99. The molecule has 3 aromatic rings. The number of carbonyl (C=O) groups excluding carboxylic acids is 1. The molecule has 10 nitrogen and oxygen atoms in total. The number of hydrogen-bond donors (Lipinski definition) is 1. The molecule has 0 aliphatic carbocycles. The normalized spacial score (nSPS) is 11.0. The minimum Gasteiger partial charge on any atom is -0.493 e. The lowest BCUT2D eigenvalue weighted by atomic mass is 10.2. The molecule has 0 radical (unpaired) electrons. The fourth-order valence-electron chi connectivity index (χ4n) is 3.31. The third-order valence-electron chi connectivity index (χ3n) is 5.00. The van der Waals surface area contributed by atoms with Gasteiger partial charge in [-0.05, 0) is 24.6 Å². The number of fused-ring (bicyclic) bond motifs is 1. The lowest BCUT2D eigenvalue weighted by Crippen LogP contribution is -2.37. The van der Waals surface area contributed by atoms with E-state index in [2.05, 4.69) is 10.3 Å². The van der Waals surface area contributed by atoms with Crippen molar-refractivity contribution in [2.75, 3.05) is 19.5 Å². The number of aryl methyl sites for hydroxylation is 2. The van der Waals surface area contributed by atoms with E-state index in [9.17, 15) is 14.4 Å². The van der Waals surface area contributed by atoms with Gasteiger partial charge in [0.2, 0.25) is 5.91 Å². The van der Waals surface area contributed by atoms with Gasteiger partial charge in [0.25, 0.3) is 5.56 Å². The fraction of sp³-hybridized carbons (Fsp3) is 0.429. The molecule has 0 spiro atoms. The molecule has 1 amide bonds. The highest BCUT2D eigenvalue weighted by atomic mass is 32.2. The van der Waals surface area contributed by atoms with Gasteiger partial charge in [0.15, 0.2) is 27.8 Å². The van der Waals surface area contributed by atoms with Crippen molar-refractivity contribution in [3.8, 4) is 11.5 Å². The number of hydrogen-bond acceptors (Lipinski definition) is 7. The number of nitrogens with one attached hydrogen (secondary N) is 1. The summed E-state index contributed by atoms with van der Waals surface area (Å²) >= 11 is 1.36. The summed E-state index contributed by atoms with van der Waals surface area (Å²) in [6.07, 6.45) is 0.277. The highest BCUT2D eigenvalue weighted by Crippen LogP contribution is 2.28. The number of carbonyl (C=O) groups is 1. The molecule has 0 saturated heterocycles. The Balaban J connectivity index is 1.60. The second-order valence-electron chi connectivity index (χ2n) is 7.12. The first kappa shape index (κ1) is 23.5. The van der Waals surface area contributed by atoms with Crippen LogP contribution in [0.3, 0.4) is 0 Å². The van der Waals surface area contributed by atoms with Gasteiger partial charge in [-0.1, -0.05) is 17.8 Å². The molecule has 2 aromatic heterocycles. The van der Waals surface area contributed by atoms with Crippen LogP contribution in [0.25, 0.3) is 11.2 Å². The van der Waals surface area contributed by atoms with Gasteiger partial charge >= 0.3 is 5.69 Å². The highest BCUT2D eigenvalue weighted by Gasteiger charge is 2.17. The van der Waals surface area contributed by atoms with Gasteiger partial charge in [-0.15, -0.1) is 0 Å². The Morgan fingerprint density at radius 2 is 1.88 bits per heavy atom. The SMILES string of the molecule is CCOc1cc(CNC(=O)CCSc2nc3c(=O)n(C)c(=O)n(C)c3n2C)ccc1OC. The summed E-state index contributed by atoms with van der Waals surface area (Å²) in [5, 5.41) is 3.46. The number of nitrogens with zero attached hydrogens (tertiary/aromatic N) is 4. The largest absolute Gasteiger partial charge is 0.493 e. The molecule has 172 valence electrons. The molecule has 1 aromatic carbocycles. The Morgan fingerprint density at radius 1 is 1.12 bits per heavy atom. The first-order chi connectivity index (χ1) is 15.3. The Morgan fingerprint density at radius 3 is 2.56 bits per heavy atom. The Hall–Kier alpha value is -3.21. The topological polar surface area (TPSA) is 109 Å². The van der Waals surface area contributed by atoms with Gasteiger partial charge in [-0.25, -0.2) is 9.78 Å². The third-order valence-corrected chi connectivity index (χ3v) is 6.03. The van der Waals surface area contributed by atoms with Crippen molar-refractivity contribution < 1.29 is 14.3 Å². The molecule has 2 heterocycles. The van der Waals surface area contributed by atoms with Crippen LogP contribution in [0, 0.1) is 0 Å². The van der Waals surface area contributed by atoms with Gasteiger partial charge in [-0.3, -0.25) is 18.7 Å². The van der Waals surface area contributed by atoms with Crippen LogP contribution >= 0.6 is 11.8 Å². The Kier molecular flexibility index (Phi) is 7.29. The van der Waals surface area contributed by atoms with Crippen molar-refractivity contribution in [1.29, 1.82) is 0 Å². The predicted molar refractivity (Wildman–Crippen MR) is 123 cm³/mol. The van der Waals surface area contributed by atoms with Crippen LogP contribution < -0.4 is 26.0 Å². The number of benzene rings is 1. The number of imidazole rings is 1. The summed E-state index contributed by atoms with van der Waals surface area (Å²) in [4.78, 5) is 41.2. The Labute approximate surface area is 189 Å². The monoisotopic (exact) mass is 461 g/mol. The molecule has 1 N–H and O–H groups in total. The van der Waals surface area contributed by atoms with E-state index in [1.165, 1.54) is 23.4 Å². The van der Waals surface area contributed by atoms with Gasteiger partial charge in [0.05, 0.1) is 13.7 Å². The molecule has 0 fully saturated rings. The Bertz CT molecular complexity index is 1260. The second-order valence-corrected chi connectivity index (χ2v) is 8.19. The number of aromatic nitrogens is 4. The first-order valence-corrected chi connectivity index (χ1v) is 11.1. The van der Waals surface area contributed by atoms with Crippen LogP contribution in [-0.4, -0.2) is 44.1 Å². The molecule has 0 saturated carbocycles. The maximum Gasteiger partial charge on any atom is 0.332 e. The summed E-state index contributed by atoms with van der Waals surface area (Å²) < 4.78 is 15.0. The van der Waals surface area contributed by atoms with E-state index in [1.807, 2.05) is 25.1 Å². The van der Waals surface area contributed by atoms with E-state index in [0.29, 0.717) is 41.2 Å². The van der Waals surface area contributed by atoms with Crippen LogP contribution in [0.2, 0.25) is 0 Å². The molecule has 32 heavy (non-hydrogen) atoms. The smallest absolute Gasteiger partial charge is 0.332 e. The minimum absolute atomic E-state index is 0.103. The molecular weight excluding hydrogens is 434 g/mol. The standard InChI is InChI=1S/C21H27N5O5S/c1-6-31-15-11-13(7-8-14(15)30-5)12-22-16(27)9-10-32-20-23-17-18(24(20)2)25(3)21(29)26(4)19(17)28/h7-8,11H,6,9-10,12H2,1-5H3,(H,22,27). The van der Waals surface area contributed by atoms with Crippen molar-refractivity contribution in [1.82, 2.24) is 24.0 Å². The van der Waals surface area contributed by atoms with Gasteiger partial charge < -0.3 is 19.4 Å². The summed E-state index contributed by atoms with van der Waals surface area (Å²) in [6, 6.07) is 5.54. The third kappa shape index (κ3) is 4.67. The predicted octanol–water partition coefficient (Wildman–Crippen LogP) is 1.18. The van der Waals surface area contributed by atoms with Crippen molar-refractivity contribution >= 4 is 28.8 Å². The number of thioether (sulfide) groups is 1. The van der Waals surface area contributed by atoms with Crippen LogP contribution in [0.4, 0.5) is 0 Å². The molecule has 0 aliphatic rings. The molecule has 0 unspecified atom stereocenters. The molecule has 0 bridgehead atoms. The van der Waals surface area contributed by atoms with E-state index in [1.54, 1.807) is 25.8 Å². The second kappa shape index (κ2) is 9.94. The van der Waals surface area contributed by atoms with Gasteiger partial charge in [0.1, 0.15) is 0 Å². The molecule has 11 heteroatoms. The quantitative estimate of drug-likeness (QED) is 0.477. The van der Waals surface area contributed by atoms with Crippen molar-refractivity contribution in [2.24, 2.45) is 21.1 Å². The molecule has 0 atom stereocenters. The van der Waals surface area contributed by atoms with Crippen LogP contribution in [0.5, 0.6) is 11.5 Å². The van der Waals surface area contributed by atoms with E-state index < -0.39 is 11.2 Å². The van der Waals surface area contributed by atoms with E-state index in [0.717, 1.165) is 10.1 Å². The van der Waals surface area contributed by atoms with Crippen LogP contribution in [0.1, 0.15) is 18.9 Å². The number of rotatable bonds is 9. The summed E-state index contributed by atoms with van der Waals surface area (Å²) in [5.74, 6) is 1.66.